The number of hydrogen-bond acceptors (Lipinski definition) is 1. The third-order valence-corrected chi connectivity index (χ3v) is 5.65. The quantitative estimate of drug-likeness (QED) is 0.774. The summed E-state index contributed by atoms with van der Waals surface area (Å²) in [6.45, 7) is 4.45. The summed E-state index contributed by atoms with van der Waals surface area (Å²) in [6, 6.07) is 10.8. The van der Waals surface area contributed by atoms with Crippen molar-refractivity contribution in [3.8, 4) is 0 Å². The van der Waals surface area contributed by atoms with E-state index in [1.807, 2.05) is 6.26 Å². The maximum atomic E-state index is 5.50. The van der Waals surface area contributed by atoms with Gasteiger partial charge in [0.1, 0.15) is 0 Å². The third kappa shape index (κ3) is 2.90. The predicted octanol–water partition coefficient (Wildman–Crippen LogP) is 2.62. The molecule has 0 radical (unpaired) electrons. The van der Waals surface area contributed by atoms with Gasteiger partial charge in [0.25, 0.3) is 0 Å². The average molecular weight is 281 g/mol. The zero-order valence-electron chi connectivity index (χ0n) is 9.80. The molecule has 1 aliphatic rings. The molecule has 1 aromatic rings. The second-order valence-electron chi connectivity index (χ2n) is 4.32. The van der Waals surface area contributed by atoms with Crippen LogP contribution in [0.15, 0.2) is 42.7 Å². The van der Waals surface area contributed by atoms with Crippen molar-refractivity contribution >= 4 is 19.4 Å². The van der Waals surface area contributed by atoms with Crippen LogP contribution in [0.25, 0.3) is 0 Å². The Morgan fingerprint density at radius 3 is 2.69 bits per heavy atom. The molecule has 0 bridgehead atoms. The zero-order chi connectivity index (χ0) is 11.4. The fraction of sp³-hybridized carbons (Fsp3) is 0.429. The number of hydrogen-bond donors (Lipinski definition) is 0. The van der Waals surface area contributed by atoms with E-state index in [2.05, 4.69) is 50.3 Å². The van der Waals surface area contributed by atoms with Crippen LogP contribution in [-0.4, -0.2) is 21.1 Å². The van der Waals surface area contributed by atoms with E-state index in [1.165, 1.54) is 9.78 Å². The summed E-state index contributed by atoms with van der Waals surface area (Å²) in [5.41, 5.74) is 0. The van der Waals surface area contributed by atoms with Gasteiger partial charge in [-0.05, 0) is 0 Å². The first-order valence-corrected chi connectivity index (χ1v) is 7.84. The van der Waals surface area contributed by atoms with Gasteiger partial charge in [0.2, 0.25) is 0 Å². The molecule has 86 valence electrons. The molecule has 0 amide bonds. The first-order valence-electron chi connectivity index (χ1n) is 5.77. The molecule has 0 N–H and O–H groups in total. The first-order chi connectivity index (χ1) is 7.77. The molecular weight excluding hydrogens is 263 g/mol. The Balaban J connectivity index is 1.91. The molecule has 1 heterocycles. The van der Waals surface area contributed by atoms with E-state index < -0.39 is 0 Å². The second kappa shape index (κ2) is 5.56. The Labute approximate surface area is 104 Å². The van der Waals surface area contributed by atoms with E-state index in [0.717, 1.165) is 0 Å². The second-order valence-corrected chi connectivity index (χ2v) is 6.61. The molecule has 2 heteroatoms. The fourth-order valence-electron chi connectivity index (χ4n) is 1.83. The molecule has 1 aliphatic heterocycles. The van der Waals surface area contributed by atoms with Gasteiger partial charge in [-0.3, -0.25) is 0 Å². The zero-order valence-corrected chi connectivity index (χ0v) is 11.5. The van der Waals surface area contributed by atoms with Gasteiger partial charge >= 0.3 is 104 Å². The van der Waals surface area contributed by atoms with Crippen molar-refractivity contribution in [3.63, 3.8) is 0 Å². The van der Waals surface area contributed by atoms with Gasteiger partial charge in [0.05, 0.1) is 0 Å². The Morgan fingerprint density at radius 1 is 1.19 bits per heavy atom. The van der Waals surface area contributed by atoms with Crippen LogP contribution in [0.2, 0.25) is 5.32 Å². The molecule has 1 aromatic carbocycles. The molecule has 0 saturated carbocycles. The summed E-state index contributed by atoms with van der Waals surface area (Å²) in [7, 11) is 0. The Bertz CT molecular complexity index is 347. The van der Waals surface area contributed by atoms with Crippen LogP contribution in [0.5, 0.6) is 0 Å². The van der Waals surface area contributed by atoms with Crippen LogP contribution in [-0.2, 0) is 4.74 Å². The Kier molecular flexibility index (Phi) is 4.09. The number of allylic oxidation sites excluding steroid dienone is 1. The molecule has 0 saturated heterocycles. The predicted molar refractivity (Wildman–Crippen MR) is 69.0 cm³/mol. The number of ether oxygens (including phenoxy) is 1. The first kappa shape index (κ1) is 11.8. The maximum absolute atomic E-state index is 5.50. The van der Waals surface area contributed by atoms with Gasteiger partial charge in [-0.25, -0.2) is 0 Å². The van der Waals surface area contributed by atoms with Gasteiger partial charge in [-0.15, -0.1) is 0 Å². The van der Waals surface area contributed by atoms with Crippen LogP contribution in [0.3, 0.4) is 0 Å². The SMILES string of the molecule is C[C@@H]1C(C[Se]c2ccccc2)C=CO[C@@H]1C. The van der Waals surface area contributed by atoms with Crippen molar-refractivity contribution in [1.82, 2.24) is 0 Å². The third-order valence-electron chi connectivity index (χ3n) is 3.22. The van der Waals surface area contributed by atoms with E-state index in [1.54, 1.807) is 0 Å². The molecule has 1 unspecified atom stereocenters. The molecular formula is C14H18OSe. The van der Waals surface area contributed by atoms with Crippen molar-refractivity contribution in [1.29, 1.82) is 0 Å². The van der Waals surface area contributed by atoms with Crippen LogP contribution >= 0.6 is 0 Å². The topological polar surface area (TPSA) is 9.23 Å². The van der Waals surface area contributed by atoms with E-state index in [4.69, 9.17) is 4.74 Å². The summed E-state index contributed by atoms with van der Waals surface area (Å²) >= 11 is 0.585. The molecule has 2 rings (SSSR count). The van der Waals surface area contributed by atoms with Crippen molar-refractivity contribution in [2.24, 2.45) is 11.8 Å². The molecule has 0 aromatic heterocycles. The minimum atomic E-state index is 0.363. The summed E-state index contributed by atoms with van der Waals surface area (Å²) < 4.78 is 6.99. The van der Waals surface area contributed by atoms with Crippen LogP contribution < -0.4 is 4.46 Å². The van der Waals surface area contributed by atoms with E-state index >= 15 is 0 Å². The molecule has 0 spiro atoms. The normalized spacial score (nSPS) is 28.8. The van der Waals surface area contributed by atoms with Crippen molar-refractivity contribution < 1.29 is 4.74 Å². The Morgan fingerprint density at radius 2 is 1.94 bits per heavy atom. The fourth-order valence-corrected chi connectivity index (χ4v) is 4.25. The Hall–Kier alpha value is -0.721. The summed E-state index contributed by atoms with van der Waals surface area (Å²) in [4.78, 5) is 0. The van der Waals surface area contributed by atoms with Gasteiger partial charge in [-0.2, -0.15) is 0 Å². The molecule has 0 fully saturated rings. The average Bonchev–Trinajstić information content (AvgIpc) is 2.32. The summed E-state index contributed by atoms with van der Waals surface area (Å²) in [6.07, 6.45) is 4.48. The van der Waals surface area contributed by atoms with Gasteiger partial charge in [0.15, 0.2) is 0 Å². The molecule has 0 aliphatic carbocycles. The van der Waals surface area contributed by atoms with E-state index in [9.17, 15) is 0 Å². The summed E-state index contributed by atoms with van der Waals surface area (Å²) in [5, 5.41) is 1.28. The van der Waals surface area contributed by atoms with Crippen molar-refractivity contribution in [2.75, 3.05) is 0 Å². The van der Waals surface area contributed by atoms with Crippen LogP contribution in [0.4, 0.5) is 0 Å². The van der Waals surface area contributed by atoms with Gasteiger partial charge in [0, 0.05) is 0 Å². The molecule has 3 atom stereocenters. The monoisotopic (exact) mass is 282 g/mol. The van der Waals surface area contributed by atoms with E-state index in [0.29, 0.717) is 32.9 Å². The number of benzene rings is 1. The number of rotatable bonds is 3. The molecule has 1 nitrogen and oxygen atoms in total. The van der Waals surface area contributed by atoms with Crippen LogP contribution in [0, 0.1) is 11.8 Å². The van der Waals surface area contributed by atoms with Gasteiger partial charge < -0.3 is 0 Å². The standard InChI is InChI=1S/C14H18OSe/c1-11-12(2)15-9-8-13(11)10-16-14-6-4-3-5-7-14/h3-9,11-13H,10H2,1-2H3/t11-,12+,13?/m0/s1. The van der Waals surface area contributed by atoms with Crippen molar-refractivity contribution in [2.45, 2.75) is 25.3 Å². The molecule has 16 heavy (non-hydrogen) atoms. The van der Waals surface area contributed by atoms with E-state index in [-0.39, 0.29) is 0 Å². The summed E-state index contributed by atoms with van der Waals surface area (Å²) in [5.74, 6) is 1.32. The minimum absolute atomic E-state index is 0.363. The van der Waals surface area contributed by atoms with Gasteiger partial charge in [-0.1, -0.05) is 0 Å². The van der Waals surface area contributed by atoms with Crippen molar-refractivity contribution in [3.05, 3.63) is 42.7 Å². The van der Waals surface area contributed by atoms with Crippen LogP contribution in [0.1, 0.15) is 13.8 Å².